The zero-order valence-corrected chi connectivity index (χ0v) is 8.90. The Kier molecular flexibility index (Phi) is 2.65. The van der Waals surface area contributed by atoms with Crippen molar-refractivity contribution >= 4 is 11.4 Å². The third-order valence-electron chi connectivity index (χ3n) is 2.85. The van der Waals surface area contributed by atoms with E-state index in [2.05, 4.69) is 0 Å². The molecular formula is C11H16N2O2. The van der Waals surface area contributed by atoms with Crippen molar-refractivity contribution in [3.63, 3.8) is 0 Å². The van der Waals surface area contributed by atoms with E-state index >= 15 is 0 Å². The molecule has 0 saturated carbocycles. The molecule has 1 heterocycles. The van der Waals surface area contributed by atoms with Crippen molar-refractivity contribution in [1.82, 2.24) is 4.65 Å². The Morgan fingerprint density at radius 3 is 2.60 bits per heavy atom. The van der Waals surface area contributed by atoms with Gasteiger partial charge in [-0.25, -0.2) is 0 Å². The fourth-order valence-corrected chi connectivity index (χ4v) is 2.01. The third kappa shape index (κ3) is 1.97. The molecule has 0 bridgehead atoms. The van der Waals surface area contributed by atoms with E-state index in [9.17, 15) is 5.21 Å². The molecule has 15 heavy (non-hydrogen) atoms. The molecule has 4 nitrogen and oxygen atoms in total. The number of rotatable bonds is 1. The van der Waals surface area contributed by atoms with E-state index in [4.69, 9.17) is 10.5 Å². The van der Waals surface area contributed by atoms with Gasteiger partial charge in [0.15, 0.2) is 0 Å². The van der Waals surface area contributed by atoms with E-state index in [1.165, 1.54) is 0 Å². The lowest BCUT2D eigenvalue weighted by Crippen LogP contribution is -2.51. The van der Waals surface area contributed by atoms with Crippen molar-refractivity contribution in [2.24, 2.45) is 0 Å². The predicted octanol–water partition coefficient (Wildman–Crippen LogP) is 1.41. The number of nitrogens with zero attached hydrogens (tertiary/aromatic N) is 1. The maximum absolute atomic E-state index is 12.5. The number of hydrogen-bond donors (Lipinski definition) is 1. The second-order valence-electron chi connectivity index (χ2n) is 3.99. The summed E-state index contributed by atoms with van der Waals surface area (Å²) < 4.78 is 4.92. The van der Waals surface area contributed by atoms with Crippen molar-refractivity contribution in [2.45, 2.75) is 6.92 Å². The van der Waals surface area contributed by atoms with Crippen molar-refractivity contribution in [3.8, 4) is 0 Å². The molecule has 0 spiro atoms. The van der Waals surface area contributed by atoms with Crippen LogP contribution in [0.5, 0.6) is 0 Å². The summed E-state index contributed by atoms with van der Waals surface area (Å²) in [5, 5.41) is 12.5. The summed E-state index contributed by atoms with van der Waals surface area (Å²) in [7, 11) is 0. The first-order valence-corrected chi connectivity index (χ1v) is 5.14. The van der Waals surface area contributed by atoms with Gasteiger partial charge in [-0.3, -0.25) is 0 Å². The second kappa shape index (κ2) is 3.81. The van der Waals surface area contributed by atoms with Crippen LogP contribution in [0.15, 0.2) is 18.2 Å². The van der Waals surface area contributed by atoms with Gasteiger partial charge in [-0.15, -0.1) is 0 Å². The molecule has 1 saturated heterocycles. The monoisotopic (exact) mass is 208 g/mol. The first-order valence-electron chi connectivity index (χ1n) is 5.14. The smallest absolute Gasteiger partial charge is 0.136 e. The average Bonchev–Trinajstić information content (AvgIpc) is 2.18. The SMILES string of the molecule is Cc1cc(N)ccc1[N+]1([O-])CCOCC1. The average molecular weight is 208 g/mol. The number of nitrogens with two attached hydrogens (primary N) is 1. The normalized spacial score (nSPS) is 20.1. The first-order chi connectivity index (χ1) is 7.12. The van der Waals surface area contributed by atoms with Gasteiger partial charge in [0.25, 0.3) is 0 Å². The summed E-state index contributed by atoms with van der Waals surface area (Å²) in [6, 6.07) is 5.47. The molecule has 1 aromatic rings. The number of hydrogen-bond acceptors (Lipinski definition) is 3. The van der Waals surface area contributed by atoms with Crippen LogP contribution in [0.3, 0.4) is 0 Å². The topological polar surface area (TPSA) is 58.3 Å². The maximum Gasteiger partial charge on any atom is 0.136 e. The van der Waals surface area contributed by atoms with Gasteiger partial charge in [0, 0.05) is 17.3 Å². The van der Waals surface area contributed by atoms with Crippen LogP contribution in [0.2, 0.25) is 0 Å². The summed E-state index contributed by atoms with van der Waals surface area (Å²) in [6.07, 6.45) is 0. The molecular weight excluding hydrogens is 192 g/mol. The number of aryl methyl sites for hydroxylation is 1. The van der Waals surface area contributed by atoms with Gasteiger partial charge in [0.05, 0.1) is 13.2 Å². The first kappa shape index (κ1) is 10.4. The molecule has 1 aliphatic rings. The van der Waals surface area contributed by atoms with Crippen LogP contribution in [0, 0.1) is 12.1 Å². The Balaban J connectivity index is 2.35. The molecule has 2 N–H and O–H groups in total. The maximum atomic E-state index is 12.5. The molecule has 0 aliphatic carbocycles. The molecule has 0 unspecified atom stereocenters. The van der Waals surface area contributed by atoms with Crippen LogP contribution >= 0.6 is 0 Å². The zero-order chi connectivity index (χ0) is 10.9. The van der Waals surface area contributed by atoms with Gasteiger partial charge in [-0.2, -0.15) is 0 Å². The van der Waals surface area contributed by atoms with Crippen molar-refractivity contribution in [1.29, 1.82) is 0 Å². The van der Waals surface area contributed by atoms with Gasteiger partial charge in [-0.05, 0) is 19.1 Å². The molecule has 1 aromatic carbocycles. The van der Waals surface area contributed by atoms with Gasteiger partial charge in [0.1, 0.15) is 18.8 Å². The number of nitrogen functional groups attached to an aromatic ring is 1. The number of quaternary nitrogens is 1. The lowest BCUT2D eigenvalue weighted by atomic mass is 10.1. The fraction of sp³-hybridized carbons (Fsp3) is 0.455. The van der Waals surface area contributed by atoms with Crippen LogP contribution in [0.25, 0.3) is 0 Å². The summed E-state index contributed by atoms with van der Waals surface area (Å²) >= 11 is 0. The zero-order valence-electron chi connectivity index (χ0n) is 8.90. The van der Waals surface area contributed by atoms with Gasteiger partial charge in [0.2, 0.25) is 0 Å². The van der Waals surface area contributed by atoms with E-state index < -0.39 is 0 Å². The van der Waals surface area contributed by atoms with Gasteiger partial charge in [-0.1, -0.05) is 0 Å². The highest BCUT2D eigenvalue weighted by atomic mass is 16.6. The van der Waals surface area contributed by atoms with Crippen LogP contribution in [-0.4, -0.2) is 26.3 Å². The number of anilines is 1. The minimum absolute atomic E-state index is 0.286. The van der Waals surface area contributed by atoms with Crippen LogP contribution in [-0.2, 0) is 4.74 Å². The molecule has 82 valence electrons. The Morgan fingerprint density at radius 1 is 1.33 bits per heavy atom. The number of benzene rings is 1. The van der Waals surface area contributed by atoms with Crippen LogP contribution in [0.1, 0.15) is 5.56 Å². The molecule has 1 fully saturated rings. The molecule has 0 atom stereocenters. The number of morpholine rings is 1. The third-order valence-corrected chi connectivity index (χ3v) is 2.85. The van der Waals surface area contributed by atoms with Crippen molar-refractivity contribution < 1.29 is 4.74 Å². The van der Waals surface area contributed by atoms with E-state index in [1.807, 2.05) is 19.1 Å². The Labute approximate surface area is 89.4 Å². The van der Waals surface area contributed by atoms with Crippen molar-refractivity contribution in [2.75, 3.05) is 32.0 Å². The summed E-state index contributed by atoms with van der Waals surface area (Å²) in [4.78, 5) is 0. The lowest BCUT2D eigenvalue weighted by Gasteiger charge is -2.45. The lowest BCUT2D eigenvalue weighted by molar-refractivity contribution is 0.0613. The van der Waals surface area contributed by atoms with Gasteiger partial charge >= 0.3 is 0 Å². The van der Waals surface area contributed by atoms with E-state index in [0.29, 0.717) is 32.0 Å². The van der Waals surface area contributed by atoms with E-state index in [1.54, 1.807) is 6.07 Å². The highest BCUT2D eigenvalue weighted by Crippen LogP contribution is 2.28. The molecule has 0 amide bonds. The van der Waals surface area contributed by atoms with E-state index in [0.717, 1.165) is 11.3 Å². The Hall–Kier alpha value is -1.10. The highest BCUT2D eigenvalue weighted by molar-refractivity contribution is 5.57. The van der Waals surface area contributed by atoms with Crippen LogP contribution in [0.4, 0.5) is 11.4 Å². The minimum Gasteiger partial charge on any atom is -0.627 e. The molecule has 2 rings (SSSR count). The molecule has 4 heteroatoms. The molecule has 0 radical (unpaired) electrons. The second-order valence-corrected chi connectivity index (χ2v) is 3.99. The Bertz CT molecular complexity index is 360. The van der Waals surface area contributed by atoms with E-state index in [-0.39, 0.29) is 4.65 Å². The van der Waals surface area contributed by atoms with Crippen LogP contribution < -0.4 is 10.4 Å². The largest absolute Gasteiger partial charge is 0.627 e. The number of ether oxygens (including phenoxy) is 1. The van der Waals surface area contributed by atoms with Crippen molar-refractivity contribution in [3.05, 3.63) is 29.0 Å². The highest BCUT2D eigenvalue weighted by Gasteiger charge is 2.25. The fourth-order valence-electron chi connectivity index (χ4n) is 2.01. The number of hydroxylamine groups is 2. The molecule has 1 aliphatic heterocycles. The summed E-state index contributed by atoms with van der Waals surface area (Å²) in [6.45, 7) is 3.98. The predicted molar refractivity (Wildman–Crippen MR) is 61.3 cm³/mol. The summed E-state index contributed by atoms with van der Waals surface area (Å²) in [5.74, 6) is 0. The molecule has 0 aromatic heterocycles. The minimum atomic E-state index is -0.286. The standard InChI is InChI=1S/C11H16N2O2/c1-9-8-10(12)2-3-11(9)13(14)4-6-15-7-5-13/h2-3,8H,4-7,12H2,1H3. The summed E-state index contributed by atoms with van der Waals surface area (Å²) in [5.41, 5.74) is 8.15. The van der Waals surface area contributed by atoms with Gasteiger partial charge < -0.3 is 20.3 Å². The quantitative estimate of drug-likeness (QED) is 0.431. The Morgan fingerprint density at radius 2 is 2.00 bits per heavy atom.